The van der Waals surface area contributed by atoms with Crippen molar-refractivity contribution in [2.24, 2.45) is 17.1 Å². The van der Waals surface area contributed by atoms with Crippen LogP contribution in [-0.2, 0) is 4.74 Å². The molecule has 18 heavy (non-hydrogen) atoms. The molecule has 0 aromatic rings. The number of nitrogens with two attached hydrogens (primary N) is 1. The molecule has 0 aromatic heterocycles. The number of ether oxygens (including phenoxy) is 1. The van der Waals surface area contributed by atoms with Crippen LogP contribution in [0, 0.1) is 11.3 Å². The standard InChI is InChI=1S/C13H26N2O3/c1-13(2,3)11(16)6-9-5-10(14)8-15(7-9)12(17)18-4/h9-11,16H,5-8,14H2,1-4H3. The summed E-state index contributed by atoms with van der Waals surface area (Å²) in [4.78, 5) is 13.2. The van der Waals surface area contributed by atoms with Crippen molar-refractivity contribution in [2.75, 3.05) is 20.2 Å². The molecule has 0 spiro atoms. The number of likely N-dealkylation sites (tertiary alicyclic amines) is 1. The first-order valence-corrected chi connectivity index (χ1v) is 6.50. The van der Waals surface area contributed by atoms with Crippen molar-refractivity contribution in [3.05, 3.63) is 0 Å². The molecule has 1 aliphatic rings. The van der Waals surface area contributed by atoms with E-state index in [9.17, 15) is 9.90 Å². The van der Waals surface area contributed by atoms with E-state index in [4.69, 9.17) is 10.5 Å². The van der Waals surface area contributed by atoms with Gasteiger partial charge in [0, 0.05) is 19.1 Å². The SMILES string of the molecule is COC(=O)N1CC(N)CC(CC(O)C(C)(C)C)C1. The lowest BCUT2D eigenvalue weighted by Gasteiger charge is -2.38. The number of aliphatic hydroxyl groups excluding tert-OH is 1. The number of carbonyl (C=O) groups excluding carboxylic acids is 1. The fourth-order valence-electron chi connectivity index (χ4n) is 2.36. The third-order valence-corrected chi connectivity index (χ3v) is 3.56. The van der Waals surface area contributed by atoms with Crippen molar-refractivity contribution in [1.29, 1.82) is 0 Å². The van der Waals surface area contributed by atoms with Crippen LogP contribution in [0.1, 0.15) is 33.6 Å². The highest BCUT2D eigenvalue weighted by molar-refractivity contribution is 5.67. The van der Waals surface area contributed by atoms with Crippen molar-refractivity contribution < 1.29 is 14.6 Å². The first-order valence-electron chi connectivity index (χ1n) is 6.50. The first kappa shape index (κ1) is 15.2. The molecular formula is C13H26N2O3. The van der Waals surface area contributed by atoms with E-state index in [0.29, 0.717) is 19.5 Å². The predicted molar refractivity (Wildman–Crippen MR) is 70.1 cm³/mol. The smallest absolute Gasteiger partial charge is 0.409 e. The number of rotatable bonds is 2. The summed E-state index contributed by atoms with van der Waals surface area (Å²) in [6.07, 6.45) is 0.804. The molecule has 1 fully saturated rings. The molecule has 1 amide bonds. The molecule has 1 heterocycles. The van der Waals surface area contributed by atoms with E-state index < -0.39 is 0 Å². The highest BCUT2D eigenvalue weighted by Crippen LogP contribution is 2.28. The number of amides is 1. The quantitative estimate of drug-likeness (QED) is 0.780. The van der Waals surface area contributed by atoms with Gasteiger partial charge in [-0.2, -0.15) is 0 Å². The largest absolute Gasteiger partial charge is 0.453 e. The molecule has 106 valence electrons. The molecule has 1 rings (SSSR count). The number of hydrogen-bond donors (Lipinski definition) is 2. The number of nitrogens with zero attached hydrogens (tertiary/aromatic N) is 1. The topological polar surface area (TPSA) is 75.8 Å². The normalized spacial score (nSPS) is 26.9. The molecule has 0 saturated carbocycles. The van der Waals surface area contributed by atoms with Crippen LogP contribution in [0.25, 0.3) is 0 Å². The number of aliphatic hydroxyl groups is 1. The Morgan fingerprint density at radius 3 is 2.61 bits per heavy atom. The van der Waals surface area contributed by atoms with Gasteiger partial charge < -0.3 is 20.5 Å². The summed E-state index contributed by atoms with van der Waals surface area (Å²) in [7, 11) is 1.38. The Morgan fingerprint density at radius 1 is 1.50 bits per heavy atom. The van der Waals surface area contributed by atoms with Gasteiger partial charge in [-0.3, -0.25) is 0 Å². The lowest BCUT2D eigenvalue weighted by atomic mass is 9.80. The van der Waals surface area contributed by atoms with E-state index in [-0.39, 0.29) is 29.6 Å². The van der Waals surface area contributed by atoms with Gasteiger partial charge in [-0.05, 0) is 24.2 Å². The third-order valence-electron chi connectivity index (χ3n) is 3.56. The molecule has 1 saturated heterocycles. The summed E-state index contributed by atoms with van der Waals surface area (Å²) in [6.45, 7) is 7.19. The van der Waals surface area contributed by atoms with E-state index in [2.05, 4.69) is 0 Å². The maximum absolute atomic E-state index is 11.5. The predicted octanol–water partition coefficient (Wildman–Crippen LogP) is 1.20. The second-order valence-corrected chi connectivity index (χ2v) is 6.35. The van der Waals surface area contributed by atoms with Crippen molar-refractivity contribution in [3.8, 4) is 0 Å². The monoisotopic (exact) mass is 258 g/mol. The summed E-state index contributed by atoms with van der Waals surface area (Å²) in [6, 6.07) is -0.0324. The van der Waals surface area contributed by atoms with E-state index in [0.717, 1.165) is 6.42 Å². The highest BCUT2D eigenvalue weighted by atomic mass is 16.5. The lowest BCUT2D eigenvalue weighted by molar-refractivity contribution is 0.0236. The van der Waals surface area contributed by atoms with Crippen LogP contribution in [0.4, 0.5) is 4.79 Å². The van der Waals surface area contributed by atoms with E-state index in [1.54, 1.807) is 4.90 Å². The van der Waals surface area contributed by atoms with Gasteiger partial charge in [0.25, 0.3) is 0 Å². The van der Waals surface area contributed by atoms with E-state index in [1.165, 1.54) is 7.11 Å². The minimum absolute atomic E-state index is 0.0324. The first-order chi connectivity index (χ1) is 8.24. The molecule has 3 unspecified atom stereocenters. The van der Waals surface area contributed by atoms with Crippen LogP contribution >= 0.6 is 0 Å². The van der Waals surface area contributed by atoms with E-state index >= 15 is 0 Å². The molecule has 3 N–H and O–H groups in total. The van der Waals surface area contributed by atoms with Crippen LogP contribution in [0.15, 0.2) is 0 Å². The molecule has 5 nitrogen and oxygen atoms in total. The van der Waals surface area contributed by atoms with Crippen molar-refractivity contribution in [2.45, 2.75) is 45.8 Å². The van der Waals surface area contributed by atoms with Crippen molar-refractivity contribution in [1.82, 2.24) is 4.90 Å². The number of methoxy groups -OCH3 is 1. The average Bonchev–Trinajstić information content (AvgIpc) is 2.25. The average molecular weight is 258 g/mol. The summed E-state index contributed by atoms with van der Waals surface area (Å²) >= 11 is 0. The Morgan fingerprint density at radius 2 is 2.11 bits per heavy atom. The van der Waals surface area contributed by atoms with Gasteiger partial charge in [0.05, 0.1) is 13.2 Å². The zero-order valence-electron chi connectivity index (χ0n) is 11.8. The summed E-state index contributed by atoms with van der Waals surface area (Å²) in [5.41, 5.74) is 5.82. The minimum Gasteiger partial charge on any atom is -0.453 e. The zero-order chi connectivity index (χ0) is 13.9. The van der Waals surface area contributed by atoms with Gasteiger partial charge in [-0.15, -0.1) is 0 Å². The van der Waals surface area contributed by atoms with Crippen molar-refractivity contribution >= 4 is 6.09 Å². The number of hydrogen-bond acceptors (Lipinski definition) is 4. The second kappa shape index (κ2) is 5.89. The van der Waals surface area contributed by atoms with Gasteiger partial charge in [0.1, 0.15) is 0 Å². The maximum Gasteiger partial charge on any atom is 0.409 e. The van der Waals surface area contributed by atoms with E-state index in [1.807, 2.05) is 20.8 Å². The fourth-order valence-corrected chi connectivity index (χ4v) is 2.36. The van der Waals surface area contributed by atoms with Crippen molar-refractivity contribution in [3.63, 3.8) is 0 Å². The van der Waals surface area contributed by atoms with Gasteiger partial charge in [0.15, 0.2) is 0 Å². The molecule has 0 bridgehead atoms. The maximum atomic E-state index is 11.5. The summed E-state index contributed by atoms with van der Waals surface area (Å²) < 4.78 is 4.73. The number of piperidine rings is 1. The Balaban J connectivity index is 2.58. The second-order valence-electron chi connectivity index (χ2n) is 6.35. The van der Waals surface area contributed by atoms with Gasteiger partial charge in [-0.25, -0.2) is 4.79 Å². The van der Waals surface area contributed by atoms with Crippen LogP contribution in [0.5, 0.6) is 0 Å². The van der Waals surface area contributed by atoms with Crippen LogP contribution in [-0.4, -0.2) is 48.4 Å². The minimum atomic E-state index is -0.382. The van der Waals surface area contributed by atoms with Crippen LogP contribution in [0.2, 0.25) is 0 Å². The highest BCUT2D eigenvalue weighted by Gasteiger charge is 2.32. The molecule has 0 aromatic carbocycles. The Labute approximate surface area is 109 Å². The van der Waals surface area contributed by atoms with Gasteiger partial charge in [0.2, 0.25) is 0 Å². The fraction of sp³-hybridized carbons (Fsp3) is 0.923. The Kier molecular flexibility index (Phi) is 4.99. The molecule has 1 aliphatic heterocycles. The zero-order valence-corrected chi connectivity index (χ0v) is 11.8. The van der Waals surface area contributed by atoms with Crippen LogP contribution < -0.4 is 5.73 Å². The molecule has 3 atom stereocenters. The van der Waals surface area contributed by atoms with Gasteiger partial charge >= 0.3 is 6.09 Å². The summed E-state index contributed by atoms with van der Waals surface area (Å²) in [5, 5.41) is 10.1. The number of carbonyl (C=O) groups is 1. The molecule has 5 heteroatoms. The third kappa shape index (κ3) is 4.14. The summed E-state index contributed by atoms with van der Waals surface area (Å²) in [5.74, 6) is 0.238. The van der Waals surface area contributed by atoms with Gasteiger partial charge in [-0.1, -0.05) is 20.8 Å². The lowest BCUT2D eigenvalue weighted by Crippen LogP contribution is -2.50. The molecule has 0 aliphatic carbocycles. The molecular weight excluding hydrogens is 232 g/mol. The Bertz CT molecular complexity index is 288. The Hall–Kier alpha value is -0.810. The molecule has 0 radical (unpaired) electrons. The van der Waals surface area contributed by atoms with Crippen LogP contribution in [0.3, 0.4) is 0 Å².